The monoisotopic (exact) mass is 288 g/mol. The Labute approximate surface area is 115 Å². The van der Waals surface area contributed by atoms with Crippen molar-refractivity contribution in [2.24, 2.45) is 0 Å². The zero-order valence-electron chi connectivity index (χ0n) is 11.3. The Bertz CT molecular complexity index is 484. The number of aromatic nitrogens is 2. The lowest BCUT2D eigenvalue weighted by atomic mass is 10.1. The summed E-state index contributed by atoms with van der Waals surface area (Å²) in [6.07, 6.45) is -0.781. The van der Waals surface area contributed by atoms with Gasteiger partial charge in [0.1, 0.15) is 12.2 Å². The first-order chi connectivity index (χ1) is 9.58. The maximum atomic E-state index is 13.0. The molecule has 1 aliphatic rings. The number of carbonyl (C=O) groups excluding carboxylic acids is 1. The standard InChI is InChI=1S/C13H18F2N2O3/c1-2-20-10(19)7-17-12(8-3-4-8)9(5-6-18)11(16-17)13(14)15/h8,13,18H,2-7H2,1H3. The van der Waals surface area contributed by atoms with E-state index in [9.17, 15) is 13.6 Å². The third-order valence-corrected chi connectivity index (χ3v) is 3.24. The molecule has 1 N–H and O–H groups in total. The molecule has 0 radical (unpaired) electrons. The SMILES string of the molecule is CCOC(=O)Cn1nc(C(F)F)c(CCO)c1C1CC1. The largest absolute Gasteiger partial charge is 0.465 e. The highest BCUT2D eigenvalue weighted by Crippen LogP contribution is 2.43. The number of hydrogen-bond donors (Lipinski definition) is 1. The van der Waals surface area contributed by atoms with Gasteiger partial charge in [-0.25, -0.2) is 8.78 Å². The highest BCUT2D eigenvalue weighted by Gasteiger charge is 2.34. The molecular weight excluding hydrogens is 270 g/mol. The predicted octanol–water partition coefficient (Wildman–Crippen LogP) is 1.80. The third kappa shape index (κ3) is 3.15. The molecule has 0 amide bonds. The molecule has 0 bridgehead atoms. The molecule has 0 atom stereocenters. The van der Waals surface area contributed by atoms with Crippen LogP contribution in [0.3, 0.4) is 0 Å². The number of aliphatic hydroxyl groups is 1. The molecule has 0 spiro atoms. The van der Waals surface area contributed by atoms with Crippen LogP contribution in [0.15, 0.2) is 0 Å². The minimum absolute atomic E-state index is 0.133. The maximum absolute atomic E-state index is 13.0. The van der Waals surface area contributed by atoms with Gasteiger partial charge in [-0.1, -0.05) is 0 Å². The van der Waals surface area contributed by atoms with Gasteiger partial charge in [0, 0.05) is 23.8 Å². The maximum Gasteiger partial charge on any atom is 0.327 e. The number of esters is 1. The first-order valence-corrected chi connectivity index (χ1v) is 6.72. The topological polar surface area (TPSA) is 64.4 Å². The molecule has 0 aromatic carbocycles. The summed E-state index contributed by atoms with van der Waals surface area (Å²) >= 11 is 0. The Morgan fingerprint density at radius 3 is 2.75 bits per heavy atom. The molecule has 1 fully saturated rings. The van der Waals surface area contributed by atoms with Gasteiger partial charge in [0.15, 0.2) is 0 Å². The Morgan fingerprint density at radius 1 is 1.55 bits per heavy atom. The van der Waals surface area contributed by atoms with E-state index in [1.807, 2.05) is 0 Å². The Morgan fingerprint density at radius 2 is 2.25 bits per heavy atom. The second-order valence-electron chi connectivity index (χ2n) is 4.76. The number of nitrogens with zero attached hydrogens (tertiary/aromatic N) is 2. The van der Waals surface area contributed by atoms with E-state index in [0.29, 0.717) is 11.3 Å². The fraction of sp³-hybridized carbons (Fsp3) is 0.692. The third-order valence-electron chi connectivity index (χ3n) is 3.24. The normalized spacial score (nSPS) is 14.8. The lowest BCUT2D eigenvalue weighted by Gasteiger charge is -2.08. The number of alkyl halides is 2. The molecular formula is C13H18F2N2O3. The fourth-order valence-electron chi connectivity index (χ4n) is 2.34. The van der Waals surface area contributed by atoms with Crippen molar-refractivity contribution in [3.05, 3.63) is 17.0 Å². The van der Waals surface area contributed by atoms with Gasteiger partial charge < -0.3 is 9.84 Å². The zero-order chi connectivity index (χ0) is 14.7. The zero-order valence-corrected chi connectivity index (χ0v) is 11.3. The highest BCUT2D eigenvalue weighted by molar-refractivity contribution is 5.69. The molecule has 112 valence electrons. The van der Waals surface area contributed by atoms with Gasteiger partial charge in [0.05, 0.1) is 6.61 Å². The molecule has 7 heteroatoms. The lowest BCUT2D eigenvalue weighted by molar-refractivity contribution is -0.144. The van der Waals surface area contributed by atoms with Crippen molar-refractivity contribution in [1.29, 1.82) is 0 Å². The molecule has 1 saturated carbocycles. The van der Waals surface area contributed by atoms with Crippen LogP contribution in [0.25, 0.3) is 0 Å². The summed E-state index contributed by atoms with van der Waals surface area (Å²) in [7, 11) is 0. The van der Waals surface area contributed by atoms with Gasteiger partial charge in [0.25, 0.3) is 6.43 Å². The van der Waals surface area contributed by atoms with Crippen molar-refractivity contribution in [3.8, 4) is 0 Å². The number of hydrogen-bond acceptors (Lipinski definition) is 4. The molecule has 1 heterocycles. The van der Waals surface area contributed by atoms with Gasteiger partial charge in [0.2, 0.25) is 0 Å². The van der Waals surface area contributed by atoms with Crippen LogP contribution in [0, 0.1) is 0 Å². The molecule has 1 aromatic rings. The quantitative estimate of drug-likeness (QED) is 0.777. The summed E-state index contributed by atoms with van der Waals surface area (Å²) in [5.74, 6) is -0.334. The summed E-state index contributed by atoms with van der Waals surface area (Å²) in [5.41, 5.74) is 0.710. The van der Waals surface area contributed by atoms with Gasteiger partial charge in [-0.15, -0.1) is 0 Å². The van der Waals surface area contributed by atoms with Crippen LogP contribution in [-0.4, -0.2) is 34.1 Å². The molecule has 1 aliphatic carbocycles. The Balaban J connectivity index is 2.34. The van der Waals surface area contributed by atoms with Crippen LogP contribution in [0.2, 0.25) is 0 Å². The second kappa shape index (κ2) is 6.30. The number of ether oxygens (including phenoxy) is 1. The van der Waals surface area contributed by atoms with Crippen LogP contribution in [0.4, 0.5) is 8.78 Å². The number of aliphatic hydroxyl groups excluding tert-OH is 1. The molecule has 0 saturated heterocycles. The summed E-state index contributed by atoms with van der Waals surface area (Å²) in [4.78, 5) is 11.5. The number of carbonyl (C=O) groups is 1. The molecule has 0 unspecified atom stereocenters. The molecule has 5 nitrogen and oxygen atoms in total. The fourth-order valence-corrected chi connectivity index (χ4v) is 2.34. The minimum Gasteiger partial charge on any atom is -0.465 e. The molecule has 2 rings (SSSR count). The predicted molar refractivity (Wildman–Crippen MR) is 66.6 cm³/mol. The number of rotatable bonds is 7. The van der Waals surface area contributed by atoms with Crippen molar-refractivity contribution in [2.75, 3.05) is 13.2 Å². The van der Waals surface area contributed by atoms with Crippen LogP contribution >= 0.6 is 0 Å². The lowest BCUT2D eigenvalue weighted by Crippen LogP contribution is -2.16. The summed E-state index contributed by atoms with van der Waals surface area (Å²) in [5, 5.41) is 12.9. The van der Waals surface area contributed by atoms with E-state index in [-0.39, 0.29) is 37.8 Å². The average Bonchev–Trinajstić information content (AvgIpc) is 3.14. The van der Waals surface area contributed by atoms with E-state index in [2.05, 4.69) is 5.10 Å². The average molecular weight is 288 g/mol. The first-order valence-electron chi connectivity index (χ1n) is 6.72. The Hall–Kier alpha value is -1.50. The van der Waals surface area contributed by atoms with E-state index < -0.39 is 12.4 Å². The van der Waals surface area contributed by atoms with Gasteiger partial charge in [-0.2, -0.15) is 5.10 Å². The number of halogens is 2. The molecule has 0 aliphatic heterocycles. The van der Waals surface area contributed by atoms with Crippen molar-refractivity contribution in [3.63, 3.8) is 0 Å². The smallest absolute Gasteiger partial charge is 0.327 e. The van der Waals surface area contributed by atoms with Gasteiger partial charge in [-0.05, 0) is 26.2 Å². The molecule has 1 aromatic heterocycles. The van der Waals surface area contributed by atoms with E-state index in [1.54, 1.807) is 6.92 Å². The van der Waals surface area contributed by atoms with E-state index in [0.717, 1.165) is 12.8 Å². The van der Waals surface area contributed by atoms with Gasteiger partial charge >= 0.3 is 5.97 Å². The van der Waals surface area contributed by atoms with Crippen molar-refractivity contribution >= 4 is 5.97 Å². The first kappa shape index (κ1) is 14.9. The van der Waals surface area contributed by atoms with Crippen LogP contribution in [0.5, 0.6) is 0 Å². The van der Waals surface area contributed by atoms with Crippen molar-refractivity contribution in [2.45, 2.75) is 45.1 Å². The van der Waals surface area contributed by atoms with Crippen molar-refractivity contribution in [1.82, 2.24) is 9.78 Å². The van der Waals surface area contributed by atoms with Crippen molar-refractivity contribution < 1.29 is 23.4 Å². The van der Waals surface area contributed by atoms with Crippen LogP contribution < -0.4 is 0 Å². The summed E-state index contributed by atoms with van der Waals surface area (Å²) in [6.45, 7) is 1.55. The van der Waals surface area contributed by atoms with Crippen LogP contribution in [-0.2, 0) is 22.5 Å². The highest BCUT2D eigenvalue weighted by atomic mass is 19.3. The van der Waals surface area contributed by atoms with E-state index in [1.165, 1.54) is 4.68 Å². The summed E-state index contributed by atoms with van der Waals surface area (Å²) in [6, 6.07) is 0. The Kier molecular flexibility index (Phi) is 4.69. The molecule has 20 heavy (non-hydrogen) atoms. The van der Waals surface area contributed by atoms with E-state index >= 15 is 0 Å². The van der Waals surface area contributed by atoms with E-state index in [4.69, 9.17) is 9.84 Å². The summed E-state index contributed by atoms with van der Waals surface area (Å²) < 4.78 is 32.2. The second-order valence-corrected chi connectivity index (χ2v) is 4.76. The van der Waals surface area contributed by atoms with Gasteiger partial charge in [-0.3, -0.25) is 9.48 Å². The van der Waals surface area contributed by atoms with Crippen LogP contribution in [0.1, 0.15) is 49.1 Å². The minimum atomic E-state index is -2.71.